The predicted molar refractivity (Wildman–Crippen MR) is 111 cm³/mol. The Morgan fingerprint density at radius 3 is 2.65 bits per heavy atom. The lowest BCUT2D eigenvalue weighted by Gasteiger charge is -2.16. The first-order chi connectivity index (χ1) is 12.6. The minimum atomic E-state index is 0.0750. The Morgan fingerprint density at radius 2 is 1.96 bits per heavy atom. The second kappa shape index (κ2) is 6.71. The largest absolute Gasteiger partial charge is 0.496 e. The Bertz CT molecular complexity index is 1080. The lowest BCUT2D eigenvalue weighted by atomic mass is 9.93. The summed E-state index contributed by atoms with van der Waals surface area (Å²) in [5.41, 5.74) is 11.7. The van der Waals surface area contributed by atoms with E-state index >= 15 is 0 Å². The number of hydrogen-bond acceptors (Lipinski definition) is 4. The highest BCUT2D eigenvalue weighted by atomic mass is 32.1. The van der Waals surface area contributed by atoms with E-state index in [2.05, 4.69) is 55.6 Å². The summed E-state index contributed by atoms with van der Waals surface area (Å²) in [6.07, 6.45) is 2.89. The number of nitrogens with zero attached hydrogens (tertiary/aromatic N) is 1. The van der Waals surface area contributed by atoms with Crippen molar-refractivity contribution >= 4 is 32.3 Å². The van der Waals surface area contributed by atoms with Crippen molar-refractivity contribution in [3.05, 3.63) is 59.1 Å². The monoisotopic (exact) mass is 362 g/mol. The van der Waals surface area contributed by atoms with E-state index in [0.717, 1.165) is 45.3 Å². The molecule has 0 saturated heterocycles. The van der Waals surface area contributed by atoms with E-state index in [0.29, 0.717) is 0 Å². The summed E-state index contributed by atoms with van der Waals surface area (Å²) in [6.45, 7) is 4.19. The summed E-state index contributed by atoms with van der Waals surface area (Å²) in [4.78, 5) is 4.74. The van der Waals surface area contributed by atoms with Crippen molar-refractivity contribution < 1.29 is 4.74 Å². The highest BCUT2D eigenvalue weighted by molar-refractivity contribution is 7.17. The normalized spacial score (nSPS) is 12.6. The molecule has 0 radical (unpaired) electrons. The molecule has 2 heterocycles. The van der Waals surface area contributed by atoms with E-state index in [4.69, 9.17) is 15.5 Å². The van der Waals surface area contributed by atoms with Crippen molar-refractivity contribution in [1.29, 1.82) is 0 Å². The summed E-state index contributed by atoms with van der Waals surface area (Å²) >= 11 is 1.71. The Hall–Kier alpha value is -2.43. The number of benzene rings is 2. The minimum absolute atomic E-state index is 0.0750. The van der Waals surface area contributed by atoms with Gasteiger partial charge in [-0.1, -0.05) is 31.2 Å². The lowest BCUT2D eigenvalue weighted by molar-refractivity contribution is 0.416. The van der Waals surface area contributed by atoms with Crippen molar-refractivity contribution in [3.63, 3.8) is 0 Å². The highest BCUT2D eigenvalue weighted by Crippen LogP contribution is 2.42. The molecule has 0 aliphatic rings. The van der Waals surface area contributed by atoms with Crippen LogP contribution in [0.2, 0.25) is 0 Å². The van der Waals surface area contributed by atoms with E-state index in [1.165, 1.54) is 10.1 Å². The van der Waals surface area contributed by atoms with Crippen LogP contribution >= 0.6 is 11.3 Å². The van der Waals surface area contributed by atoms with Crippen molar-refractivity contribution in [2.75, 3.05) is 7.11 Å². The fourth-order valence-electron chi connectivity index (χ4n) is 3.54. The average molecular weight is 362 g/mol. The molecule has 0 saturated carbocycles. The molecule has 4 aromatic rings. The van der Waals surface area contributed by atoms with Gasteiger partial charge in [-0.3, -0.25) is 4.98 Å². The Labute approximate surface area is 157 Å². The van der Waals surface area contributed by atoms with Crippen LogP contribution in [0.25, 0.3) is 32.1 Å². The fourth-order valence-corrected chi connectivity index (χ4v) is 4.30. The summed E-state index contributed by atoms with van der Waals surface area (Å²) in [5.74, 6) is 0.878. The quantitative estimate of drug-likeness (QED) is 0.496. The molecule has 2 N–H and O–H groups in total. The van der Waals surface area contributed by atoms with Gasteiger partial charge in [0.15, 0.2) is 0 Å². The topological polar surface area (TPSA) is 48.1 Å². The molecule has 3 nitrogen and oxygen atoms in total. The van der Waals surface area contributed by atoms with Gasteiger partial charge in [0, 0.05) is 28.6 Å². The molecule has 0 unspecified atom stereocenters. The summed E-state index contributed by atoms with van der Waals surface area (Å²) in [6, 6.07) is 12.9. The average Bonchev–Trinajstić information content (AvgIpc) is 3.16. The molecule has 1 atom stereocenters. The van der Waals surface area contributed by atoms with Crippen LogP contribution in [0.15, 0.2) is 48.0 Å². The third-order valence-electron chi connectivity index (χ3n) is 5.02. The van der Waals surface area contributed by atoms with E-state index in [-0.39, 0.29) is 6.04 Å². The zero-order valence-electron chi connectivity index (χ0n) is 15.2. The van der Waals surface area contributed by atoms with Crippen LogP contribution < -0.4 is 10.5 Å². The third-order valence-corrected chi connectivity index (χ3v) is 5.87. The molecule has 2 aromatic carbocycles. The Morgan fingerprint density at radius 1 is 1.19 bits per heavy atom. The van der Waals surface area contributed by atoms with Crippen LogP contribution in [0.3, 0.4) is 0 Å². The van der Waals surface area contributed by atoms with Crippen LogP contribution in [0.4, 0.5) is 0 Å². The fraction of sp³-hybridized carbons (Fsp3) is 0.227. The number of nitrogens with two attached hydrogens (primary N) is 1. The molecule has 2 aromatic heterocycles. The highest BCUT2D eigenvalue weighted by Gasteiger charge is 2.17. The molecule has 26 heavy (non-hydrogen) atoms. The molecule has 132 valence electrons. The Kier molecular flexibility index (Phi) is 4.39. The van der Waals surface area contributed by atoms with Gasteiger partial charge in [0.2, 0.25) is 0 Å². The summed E-state index contributed by atoms with van der Waals surface area (Å²) < 4.78 is 6.95. The molecule has 4 rings (SSSR count). The molecule has 0 spiro atoms. The van der Waals surface area contributed by atoms with E-state index < -0.39 is 0 Å². The van der Waals surface area contributed by atoms with Crippen molar-refractivity contribution in [1.82, 2.24) is 4.98 Å². The van der Waals surface area contributed by atoms with Gasteiger partial charge in [-0.05, 0) is 47.5 Å². The first-order valence-electron chi connectivity index (χ1n) is 8.83. The van der Waals surface area contributed by atoms with Crippen LogP contribution in [0.1, 0.15) is 30.5 Å². The maximum Gasteiger partial charge on any atom is 0.127 e. The lowest BCUT2D eigenvalue weighted by Crippen LogP contribution is -2.08. The van der Waals surface area contributed by atoms with E-state index in [9.17, 15) is 0 Å². The van der Waals surface area contributed by atoms with Gasteiger partial charge in [-0.15, -0.1) is 11.3 Å². The molecule has 4 heteroatoms. The van der Waals surface area contributed by atoms with Crippen LogP contribution in [0.5, 0.6) is 5.75 Å². The minimum Gasteiger partial charge on any atom is -0.496 e. The zero-order valence-corrected chi connectivity index (χ0v) is 16.1. The number of hydrogen-bond donors (Lipinski definition) is 1. The molecule has 0 amide bonds. The molecule has 0 fully saturated rings. The first kappa shape index (κ1) is 17.0. The number of thiophene rings is 1. The van der Waals surface area contributed by atoms with Crippen LogP contribution in [-0.2, 0) is 0 Å². The smallest absolute Gasteiger partial charge is 0.127 e. The summed E-state index contributed by atoms with van der Waals surface area (Å²) in [7, 11) is 1.73. The predicted octanol–water partition coefficient (Wildman–Crippen LogP) is 5.84. The van der Waals surface area contributed by atoms with Gasteiger partial charge in [0.05, 0.1) is 17.3 Å². The molecular weight excluding hydrogens is 340 g/mol. The second-order valence-corrected chi connectivity index (χ2v) is 7.54. The van der Waals surface area contributed by atoms with Gasteiger partial charge in [0.25, 0.3) is 0 Å². The van der Waals surface area contributed by atoms with Gasteiger partial charge >= 0.3 is 0 Å². The SMILES string of the molecule is CC[C@@H](N)c1ccc(-c2c(OC)cc(C)c3ncc4sccc4c23)cc1. The van der Waals surface area contributed by atoms with Crippen LogP contribution in [-0.4, -0.2) is 12.1 Å². The van der Waals surface area contributed by atoms with Gasteiger partial charge in [0.1, 0.15) is 5.75 Å². The maximum absolute atomic E-state index is 6.18. The van der Waals surface area contributed by atoms with Crippen molar-refractivity contribution in [2.24, 2.45) is 5.73 Å². The number of rotatable bonds is 4. The zero-order chi connectivity index (χ0) is 18.3. The summed E-state index contributed by atoms with van der Waals surface area (Å²) in [5, 5.41) is 4.51. The number of methoxy groups -OCH3 is 1. The number of aryl methyl sites for hydroxylation is 1. The van der Waals surface area contributed by atoms with Gasteiger partial charge in [-0.25, -0.2) is 0 Å². The first-order valence-corrected chi connectivity index (χ1v) is 9.71. The van der Waals surface area contributed by atoms with Gasteiger partial charge < -0.3 is 10.5 Å². The molecular formula is C22H22N2OS. The van der Waals surface area contributed by atoms with Crippen LogP contribution in [0, 0.1) is 6.92 Å². The number of aromatic nitrogens is 1. The Balaban J connectivity index is 2.04. The number of pyridine rings is 1. The van der Waals surface area contributed by atoms with Crippen molar-refractivity contribution in [3.8, 4) is 16.9 Å². The third kappa shape index (κ3) is 2.66. The molecule has 0 bridgehead atoms. The van der Waals surface area contributed by atoms with Gasteiger partial charge in [-0.2, -0.15) is 0 Å². The molecule has 0 aliphatic heterocycles. The number of ether oxygens (including phenoxy) is 1. The van der Waals surface area contributed by atoms with E-state index in [1.54, 1.807) is 18.4 Å². The van der Waals surface area contributed by atoms with E-state index in [1.807, 2.05) is 6.20 Å². The second-order valence-electron chi connectivity index (χ2n) is 6.59. The maximum atomic E-state index is 6.18. The van der Waals surface area contributed by atoms with Crippen molar-refractivity contribution in [2.45, 2.75) is 26.3 Å². The standard InChI is InChI=1S/C22H22N2OS/c1-4-17(23)14-5-7-15(8-6-14)20-18(25-3)11-13(2)22-21(20)16-9-10-26-19(16)12-24-22/h5-12,17H,4,23H2,1-3H3/t17-/m1/s1. The molecule has 0 aliphatic carbocycles. The number of fused-ring (bicyclic) bond motifs is 3.